The lowest BCUT2D eigenvalue weighted by Crippen LogP contribution is -2.51. The van der Waals surface area contributed by atoms with E-state index in [1.54, 1.807) is 18.2 Å². The minimum Gasteiger partial charge on any atom is -0.320 e. The first-order valence-electron chi connectivity index (χ1n) is 15.0. The van der Waals surface area contributed by atoms with Crippen molar-refractivity contribution in [3.63, 3.8) is 0 Å². The zero-order valence-electron chi connectivity index (χ0n) is 23.5. The van der Waals surface area contributed by atoms with Crippen LogP contribution in [-0.4, -0.2) is 30.6 Å². The zero-order chi connectivity index (χ0) is 29.6. The average molecular weight is 617 g/mol. The largest absolute Gasteiger partial charge is 0.523 e. The lowest BCUT2D eigenvalue weighted by Gasteiger charge is -2.50. The van der Waals surface area contributed by atoms with E-state index >= 15 is 4.57 Å². The molecule has 3 aliphatic carbocycles. The van der Waals surface area contributed by atoms with Gasteiger partial charge in [0.15, 0.2) is 5.34 Å². The Labute approximate surface area is 245 Å². The third-order valence-corrected chi connectivity index (χ3v) is 15.6. The van der Waals surface area contributed by atoms with Gasteiger partial charge < -0.3 is 4.57 Å². The lowest BCUT2D eigenvalue weighted by molar-refractivity contribution is -0.0571. The second-order valence-electron chi connectivity index (χ2n) is 12.0. The molecule has 2 fully saturated rings. The maximum absolute atomic E-state index is 16.3. The molecule has 1 atom stereocenters. The summed E-state index contributed by atoms with van der Waals surface area (Å²) < 4.78 is 91.3. The van der Waals surface area contributed by atoms with Crippen LogP contribution < -0.4 is 10.4 Å². The van der Waals surface area contributed by atoms with Gasteiger partial charge >= 0.3 is 15.6 Å². The van der Waals surface area contributed by atoms with Gasteiger partial charge in [-0.1, -0.05) is 111 Å². The molecule has 3 aromatic carbocycles. The van der Waals surface area contributed by atoms with Crippen LogP contribution in [0.5, 0.6) is 0 Å². The van der Waals surface area contributed by atoms with Crippen molar-refractivity contribution in [2.45, 2.75) is 92.8 Å². The number of fused-ring (bicyclic) bond motifs is 2. The number of alkyl halides is 3. The minimum atomic E-state index is -6.13. The van der Waals surface area contributed by atoms with Crippen LogP contribution in [0.3, 0.4) is 0 Å². The molecule has 0 aromatic heterocycles. The summed E-state index contributed by atoms with van der Waals surface area (Å²) in [6, 6.07) is 20.4. The van der Waals surface area contributed by atoms with E-state index in [-0.39, 0.29) is 6.42 Å². The van der Waals surface area contributed by atoms with E-state index in [1.807, 2.05) is 54.6 Å². The van der Waals surface area contributed by atoms with Gasteiger partial charge in [-0.3, -0.25) is 0 Å². The molecule has 0 aliphatic heterocycles. The summed E-state index contributed by atoms with van der Waals surface area (Å²) in [4.78, 5) is 0. The van der Waals surface area contributed by atoms with E-state index < -0.39 is 39.4 Å². The van der Waals surface area contributed by atoms with Crippen LogP contribution in [0.1, 0.15) is 76.2 Å². The van der Waals surface area contributed by atoms with Crippen LogP contribution >= 0.6 is 7.14 Å². The van der Waals surface area contributed by atoms with E-state index in [1.165, 1.54) is 0 Å². The van der Waals surface area contributed by atoms with Gasteiger partial charge in [-0.25, -0.2) is 4.18 Å². The van der Waals surface area contributed by atoms with Gasteiger partial charge in [-0.15, -0.1) is 0 Å². The number of hydrogen-bond acceptors (Lipinski definition) is 4. The summed E-state index contributed by atoms with van der Waals surface area (Å²) in [5, 5.41) is 0.756. The summed E-state index contributed by atoms with van der Waals surface area (Å²) in [7, 11) is -9.99. The Hall–Kier alpha value is -2.41. The van der Waals surface area contributed by atoms with E-state index in [2.05, 4.69) is 0 Å². The molecule has 0 unspecified atom stereocenters. The minimum absolute atomic E-state index is 0.206. The van der Waals surface area contributed by atoms with Crippen molar-refractivity contribution in [2.75, 3.05) is 0 Å². The van der Waals surface area contributed by atoms with Gasteiger partial charge in [0, 0.05) is 23.3 Å². The Morgan fingerprint density at radius 1 is 0.762 bits per heavy atom. The molecule has 0 N–H and O–H groups in total. The Kier molecular flexibility index (Phi) is 7.95. The summed E-state index contributed by atoms with van der Waals surface area (Å²) in [6.45, 7) is 0. The number of hydrogen-bond donors (Lipinski definition) is 0. The molecule has 2 saturated carbocycles. The summed E-state index contributed by atoms with van der Waals surface area (Å²) >= 11 is 0. The van der Waals surface area contributed by atoms with Crippen molar-refractivity contribution in [2.24, 2.45) is 0 Å². The molecule has 42 heavy (non-hydrogen) atoms. The van der Waals surface area contributed by atoms with Crippen LogP contribution in [0, 0.1) is 0 Å². The van der Waals surface area contributed by atoms with Gasteiger partial charge in [-0.2, -0.15) is 21.6 Å². The molecule has 9 heteroatoms. The van der Waals surface area contributed by atoms with Crippen molar-refractivity contribution in [3.8, 4) is 0 Å². The highest BCUT2D eigenvalue weighted by molar-refractivity contribution is 7.88. The Bertz CT molecular complexity index is 1730. The highest BCUT2D eigenvalue weighted by atomic mass is 32.2. The molecule has 0 spiro atoms. The second-order valence-corrected chi connectivity index (χ2v) is 17.1. The van der Waals surface area contributed by atoms with Crippen LogP contribution in [-0.2, 0) is 18.9 Å². The summed E-state index contributed by atoms with van der Waals surface area (Å²) in [5.74, 6) is 0. The van der Waals surface area contributed by atoms with Crippen LogP contribution in [0.15, 0.2) is 66.7 Å². The Morgan fingerprint density at radius 2 is 1.33 bits per heavy atom. The molecule has 224 valence electrons. The molecule has 0 heterocycles. The smallest absolute Gasteiger partial charge is 0.320 e. The second kappa shape index (κ2) is 11.3. The maximum atomic E-state index is 16.3. The fraction of sp³-hybridized carbons (Fsp3) is 0.455. The van der Waals surface area contributed by atoms with E-state index in [0.717, 1.165) is 54.5 Å². The Morgan fingerprint density at radius 3 is 1.98 bits per heavy atom. The van der Waals surface area contributed by atoms with Gasteiger partial charge in [0.1, 0.15) is 7.14 Å². The first-order valence-corrected chi connectivity index (χ1v) is 18.2. The van der Waals surface area contributed by atoms with Crippen molar-refractivity contribution >= 4 is 39.7 Å². The quantitative estimate of drug-likeness (QED) is 0.161. The average Bonchev–Trinajstić information content (AvgIpc) is 3.00. The molecule has 0 radical (unpaired) electrons. The normalized spacial score (nSPS) is 23.0. The standard InChI is InChI=1S/C33H36F3O4PS/c34-33(35,36)42(38,39)40-32(41(37,26-15-3-1-4-16-26)27-17-5-2-6-18-27)23-22-25-13-8-10-20-29(25)31(32)30-21-11-14-24-12-7-9-19-28(24)30/h7-14,19-22,26-27H,1-6,15-18,23H2/t32-/m1/s1. The molecule has 0 saturated heterocycles. The van der Waals surface area contributed by atoms with Gasteiger partial charge in [0.05, 0.1) is 0 Å². The predicted molar refractivity (Wildman–Crippen MR) is 161 cm³/mol. The Balaban J connectivity index is 1.76. The monoisotopic (exact) mass is 616 g/mol. The third kappa shape index (κ3) is 4.88. The van der Waals surface area contributed by atoms with Crippen molar-refractivity contribution in [1.82, 2.24) is 0 Å². The first-order chi connectivity index (χ1) is 20.1. The molecule has 3 aliphatic rings. The molecule has 0 amide bonds. The molecule has 4 nitrogen and oxygen atoms in total. The molecule has 3 aromatic rings. The summed E-state index contributed by atoms with van der Waals surface area (Å²) in [5.41, 5.74) is -5.62. The predicted octanol–water partition coefficient (Wildman–Crippen LogP) is 7.81. The zero-order valence-corrected chi connectivity index (χ0v) is 25.2. The number of halogens is 3. The fourth-order valence-electron chi connectivity index (χ4n) is 7.76. The molecular weight excluding hydrogens is 580 g/mol. The highest BCUT2D eigenvalue weighted by Crippen LogP contribution is 2.75. The molecule has 6 rings (SSSR count). The highest BCUT2D eigenvalue weighted by Gasteiger charge is 2.64. The van der Waals surface area contributed by atoms with Crippen LogP contribution in [0.2, 0.25) is 0 Å². The summed E-state index contributed by atoms with van der Waals surface area (Å²) in [6.07, 6.45) is 9.09. The van der Waals surface area contributed by atoms with Crippen molar-refractivity contribution in [3.05, 3.63) is 82.7 Å². The van der Waals surface area contributed by atoms with Gasteiger partial charge in [0.25, 0.3) is 0 Å². The SMILES string of the molecule is O=P(C1CCCCC1)(C1CCCCC1)[C@]1(OS(=O)(=O)C(F)(F)F)CC=c2ccccc2=C1c1cccc2ccccc12. The topological polar surface area (TPSA) is 60.4 Å². The van der Waals surface area contributed by atoms with Crippen molar-refractivity contribution < 1.29 is 30.3 Å². The van der Waals surface area contributed by atoms with Crippen LogP contribution in [0.25, 0.3) is 22.4 Å². The third-order valence-electron chi connectivity index (χ3n) is 9.61. The van der Waals surface area contributed by atoms with Crippen LogP contribution in [0.4, 0.5) is 13.2 Å². The van der Waals surface area contributed by atoms with Gasteiger partial charge in [-0.05, 0) is 52.5 Å². The lowest BCUT2D eigenvalue weighted by atomic mass is 9.88. The number of benzene rings is 3. The van der Waals surface area contributed by atoms with E-state index in [9.17, 15) is 21.6 Å². The molecular formula is C33H36F3O4PS. The fourth-order valence-corrected chi connectivity index (χ4v) is 14.1. The maximum Gasteiger partial charge on any atom is 0.523 e. The van der Waals surface area contributed by atoms with E-state index in [4.69, 9.17) is 4.18 Å². The van der Waals surface area contributed by atoms with Crippen molar-refractivity contribution in [1.29, 1.82) is 0 Å². The van der Waals surface area contributed by atoms with Gasteiger partial charge in [0.2, 0.25) is 0 Å². The van der Waals surface area contributed by atoms with E-state index in [0.29, 0.717) is 42.0 Å². The number of rotatable bonds is 6. The first kappa shape index (κ1) is 29.7. The molecule has 0 bridgehead atoms.